The summed E-state index contributed by atoms with van der Waals surface area (Å²) in [7, 11) is 0. The van der Waals surface area contributed by atoms with Gasteiger partial charge in [-0.15, -0.1) is 0 Å². The van der Waals surface area contributed by atoms with Crippen molar-refractivity contribution in [3.8, 4) is 23.7 Å². The second-order valence-corrected chi connectivity index (χ2v) is 7.10. The van der Waals surface area contributed by atoms with Crippen molar-refractivity contribution in [2.75, 3.05) is 0 Å². The van der Waals surface area contributed by atoms with Gasteiger partial charge >= 0.3 is 0 Å². The van der Waals surface area contributed by atoms with E-state index < -0.39 is 0 Å². The highest BCUT2D eigenvalue weighted by atomic mass is 16.3. The van der Waals surface area contributed by atoms with Crippen molar-refractivity contribution >= 4 is 5.78 Å². The summed E-state index contributed by atoms with van der Waals surface area (Å²) in [4.78, 5) is 10.1. The number of rotatable bonds is 4. The summed E-state index contributed by atoms with van der Waals surface area (Å²) < 4.78 is 0. The van der Waals surface area contributed by atoms with Crippen LogP contribution in [-0.2, 0) is 11.2 Å². The van der Waals surface area contributed by atoms with Crippen molar-refractivity contribution < 1.29 is 9.90 Å². The average Bonchev–Trinajstić information content (AvgIpc) is 2.66. The fourth-order valence-corrected chi connectivity index (χ4v) is 2.28. The van der Waals surface area contributed by atoms with Crippen LogP contribution in [0.25, 0.3) is 0 Å². The molecular weight excluding hydrogens is 346 g/mol. The summed E-state index contributed by atoms with van der Waals surface area (Å²) in [5.74, 6) is 7.10. The summed E-state index contributed by atoms with van der Waals surface area (Å²) in [6.07, 6.45) is 3.13. The Bertz CT molecular complexity index is 908. The fourth-order valence-electron chi connectivity index (χ4n) is 2.28. The summed E-state index contributed by atoms with van der Waals surface area (Å²) in [6.45, 7) is 9.47. The van der Waals surface area contributed by atoms with Gasteiger partial charge in [0.1, 0.15) is 11.5 Å². The van der Waals surface area contributed by atoms with Gasteiger partial charge in [-0.2, -0.15) is 5.26 Å². The van der Waals surface area contributed by atoms with Crippen molar-refractivity contribution in [3.05, 3.63) is 64.2 Å². The van der Waals surface area contributed by atoms with E-state index in [-0.39, 0.29) is 17.5 Å². The molecule has 0 saturated heterocycles. The number of phenolic OH excluding ortho intramolecular Hbond substituents is 1. The van der Waals surface area contributed by atoms with Gasteiger partial charge in [-0.1, -0.05) is 39.0 Å². The Kier molecular flexibility index (Phi) is 9.55. The number of benzene rings is 2. The molecule has 0 fully saturated rings. The highest BCUT2D eigenvalue weighted by molar-refractivity contribution is 5.77. The Hall–Kier alpha value is -3.04. The molecule has 3 nitrogen and oxygen atoms in total. The Morgan fingerprint density at radius 1 is 1.11 bits per heavy atom. The second-order valence-electron chi connectivity index (χ2n) is 7.10. The van der Waals surface area contributed by atoms with Crippen molar-refractivity contribution in [2.24, 2.45) is 5.92 Å². The number of carbonyl (C=O) groups is 1. The molecule has 0 unspecified atom stereocenters. The maximum atomic E-state index is 10.1. The maximum Gasteiger partial charge on any atom is 0.132 e. The standard InChI is InChI=1S/C20H19NO.C5H10O/c1-3-4-5-19-13-16(14-21)6-7-18(19)9-8-17-10-11-20(22)12-15(17)2;1-4(2)5(3)6/h6-7,10-13,22H,3-5H2,1-2H3;4H,1-3H3. The quantitative estimate of drug-likeness (QED) is 0.713. The normalized spacial score (nSPS) is 9.61. The summed E-state index contributed by atoms with van der Waals surface area (Å²) >= 11 is 0. The van der Waals surface area contributed by atoms with Crippen LogP contribution >= 0.6 is 0 Å². The van der Waals surface area contributed by atoms with E-state index in [2.05, 4.69) is 24.8 Å². The van der Waals surface area contributed by atoms with E-state index in [1.807, 2.05) is 45.0 Å². The van der Waals surface area contributed by atoms with Crippen molar-refractivity contribution in [2.45, 2.75) is 53.9 Å². The van der Waals surface area contributed by atoms with E-state index in [1.165, 1.54) is 0 Å². The molecule has 0 saturated carbocycles. The average molecular weight is 376 g/mol. The minimum absolute atomic E-state index is 0.213. The number of hydrogen-bond donors (Lipinski definition) is 1. The van der Waals surface area contributed by atoms with Gasteiger partial charge in [0.25, 0.3) is 0 Å². The molecule has 2 aromatic carbocycles. The smallest absolute Gasteiger partial charge is 0.132 e. The number of aromatic hydroxyl groups is 1. The number of aryl methyl sites for hydroxylation is 2. The van der Waals surface area contributed by atoms with Gasteiger partial charge in [0.05, 0.1) is 11.6 Å². The molecule has 0 heterocycles. The SMILES string of the molecule is CC(=O)C(C)C.CCCCc1cc(C#N)ccc1C#Cc1ccc(O)cc1C. The van der Waals surface area contributed by atoms with Gasteiger partial charge < -0.3 is 5.11 Å². The first-order valence-corrected chi connectivity index (χ1v) is 9.63. The monoisotopic (exact) mass is 375 g/mol. The van der Waals surface area contributed by atoms with Gasteiger partial charge in [-0.3, -0.25) is 4.79 Å². The van der Waals surface area contributed by atoms with Crippen molar-refractivity contribution in [1.82, 2.24) is 0 Å². The lowest BCUT2D eigenvalue weighted by Gasteiger charge is -2.04. The van der Waals surface area contributed by atoms with E-state index in [1.54, 1.807) is 19.1 Å². The first kappa shape index (κ1) is 23.0. The number of carbonyl (C=O) groups excluding carboxylic acids is 1. The van der Waals surface area contributed by atoms with Gasteiger partial charge in [-0.25, -0.2) is 0 Å². The lowest BCUT2D eigenvalue weighted by atomic mass is 9.99. The van der Waals surface area contributed by atoms with Crippen LogP contribution < -0.4 is 0 Å². The van der Waals surface area contributed by atoms with Crippen LogP contribution in [0.1, 0.15) is 68.4 Å². The molecule has 0 spiro atoms. The predicted molar refractivity (Wildman–Crippen MR) is 114 cm³/mol. The van der Waals surface area contributed by atoms with Gasteiger partial charge in [0.15, 0.2) is 0 Å². The minimum Gasteiger partial charge on any atom is -0.508 e. The highest BCUT2D eigenvalue weighted by Crippen LogP contribution is 2.17. The fraction of sp³-hybridized carbons (Fsp3) is 0.360. The van der Waals surface area contributed by atoms with Gasteiger partial charge in [0.2, 0.25) is 0 Å². The molecule has 146 valence electrons. The van der Waals surface area contributed by atoms with E-state index in [0.717, 1.165) is 41.5 Å². The molecule has 1 N–H and O–H groups in total. The molecule has 2 rings (SSSR count). The number of phenols is 1. The van der Waals surface area contributed by atoms with Crippen LogP contribution in [0.4, 0.5) is 0 Å². The van der Waals surface area contributed by atoms with Crippen LogP contribution in [0.2, 0.25) is 0 Å². The number of Topliss-reactive ketones (excluding diaryl/α,β-unsaturated/α-hetero) is 1. The first-order valence-electron chi connectivity index (χ1n) is 9.63. The molecule has 0 bridgehead atoms. The summed E-state index contributed by atoms with van der Waals surface area (Å²) in [6, 6.07) is 13.0. The molecule has 0 aliphatic heterocycles. The van der Waals surface area contributed by atoms with Crippen LogP contribution in [0.3, 0.4) is 0 Å². The third-order valence-corrected chi connectivity index (χ3v) is 4.39. The number of unbranched alkanes of at least 4 members (excludes halogenated alkanes) is 1. The molecule has 2 aromatic rings. The van der Waals surface area contributed by atoms with E-state index in [9.17, 15) is 9.90 Å². The Morgan fingerprint density at radius 2 is 1.71 bits per heavy atom. The molecule has 0 aromatic heterocycles. The van der Waals surface area contributed by atoms with Crippen LogP contribution in [0.15, 0.2) is 36.4 Å². The zero-order valence-electron chi connectivity index (χ0n) is 17.5. The minimum atomic E-state index is 0.213. The molecule has 3 heteroatoms. The number of nitrogens with zero attached hydrogens (tertiary/aromatic N) is 1. The molecule has 0 amide bonds. The predicted octanol–water partition coefficient (Wildman–Crippen LogP) is 5.55. The zero-order valence-corrected chi connectivity index (χ0v) is 17.5. The van der Waals surface area contributed by atoms with E-state index in [4.69, 9.17) is 5.26 Å². The Morgan fingerprint density at radius 3 is 2.25 bits per heavy atom. The topological polar surface area (TPSA) is 61.1 Å². The second kappa shape index (κ2) is 11.6. The zero-order chi connectivity index (χ0) is 21.1. The highest BCUT2D eigenvalue weighted by Gasteiger charge is 2.02. The molecule has 0 aliphatic carbocycles. The number of ketones is 1. The summed E-state index contributed by atoms with van der Waals surface area (Å²) in [5, 5.41) is 18.5. The van der Waals surface area contributed by atoms with Crippen LogP contribution in [0, 0.1) is 36.0 Å². The van der Waals surface area contributed by atoms with E-state index >= 15 is 0 Å². The van der Waals surface area contributed by atoms with Gasteiger partial charge in [0, 0.05) is 17.0 Å². The summed E-state index contributed by atoms with van der Waals surface area (Å²) in [5.41, 5.74) is 4.64. The molecule has 0 atom stereocenters. The van der Waals surface area contributed by atoms with E-state index in [0.29, 0.717) is 5.56 Å². The molecule has 0 radical (unpaired) electrons. The molecule has 0 aliphatic rings. The number of hydrogen-bond acceptors (Lipinski definition) is 3. The maximum absolute atomic E-state index is 10.1. The Balaban J connectivity index is 0.000000568. The largest absolute Gasteiger partial charge is 0.508 e. The van der Waals surface area contributed by atoms with Crippen molar-refractivity contribution in [3.63, 3.8) is 0 Å². The van der Waals surface area contributed by atoms with Crippen LogP contribution in [-0.4, -0.2) is 10.9 Å². The molecule has 28 heavy (non-hydrogen) atoms. The molecular formula is C25H29NO2. The van der Waals surface area contributed by atoms with Crippen LogP contribution in [0.5, 0.6) is 5.75 Å². The lowest BCUT2D eigenvalue weighted by Crippen LogP contribution is -1.98. The Labute approximate surface area is 169 Å². The first-order chi connectivity index (χ1) is 13.3. The third-order valence-electron chi connectivity index (χ3n) is 4.39. The lowest BCUT2D eigenvalue weighted by molar-refractivity contribution is -0.119. The third kappa shape index (κ3) is 7.68. The van der Waals surface area contributed by atoms with Crippen molar-refractivity contribution in [1.29, 1.82) is 5.26 Å². The van der Waals surface area contributed by atoms with Gasteiger partial charge in [-0.05, 0) is 74.2 Å². The number of nitriles is 1.